The zero-order valence-electron chi connectivity index (χ0n) is 31.8. The third-order valence-electron chi connectivity index (χ3n) is 11.2. The minimum atomic E-state index is 0.599. The monoisotopic (exact) mass is 718 g/mol. The number of hydrogen-bond donors (Lipinski definition) is 0. The van der Waals surface area contributed by atoms with Crippen LogP contribution in [0.25, 0.3) is 88.4 Å². The molecule has 266 valence electrons. The van der Waals surface area contributed by atoms with E-state index in [1.54, 1.807) is 0 Å². The van der Waals surface area contributed by atoms with Crippen LogP contribution < -0.4 is 0 Å². The molecule has 0 unspecified atom stereocenters. The summed E-state index contributed by atoms with van der Waals surface area (Å²) in [7, 11) is 0. The van der Waals surface area contributed by atoms with Gasteiger partial charge in [0.25, 0.3) is 0 Å². The minimum absolute atomic E-state index is 0.599. The Morgan fingerprint density at radius 3 is 1.25 bits per heavy atom. The summed E-state index contributed by atoms with van der Waals surface area (Å²) >= 11 is 0. The number of para-hydroxylation sites is 2. The van der Waals surface area contributed by atoms with Gasteiger partial charge < -0.3 is 9.13 Å². The van der Waals surface area contributed by atoms with E-state index in [-0.39, 0.29) is 0 Å². The van der Waals surface area contributed by atoms with Crippen molar-refractivity contribution >= 4 is 43.6 Å². The third kappa shape index (κ3) is 5.40. The molecule has 3 aromatic heterocycles. The van der Waals surface area contributed by atoms with Crippen molar-refractivity contribution in [2.75, 3.05) is 0 Å². The van der Waals surface area contributed by atoms with Crippen molar-refractivity contribution in [1.82, 2.24) is 14.1 Å². The van der Waals surface area contributed by atoms with Gasteiger partial charge in [-0.15, -0.1) is 0 Å². The second kappa shape index (κ2) is 13.0. The van der Waals surface area contributed by atoms with E-state index in [4.69, 9.17) is 0 Å². The smallest absolute Gasteiger partial charge is 0.104 e. The summed E-state index contributed by atoms with van der Waals surface area (Å²) in [5.41, 5.74) is 18.1. The van der Waals surface area contributed by atoms with Gasteiger partial charge in [0, 0.05) is 33.9 Å². The van der Waals surface area contributed by atoms with Crippen LogP contribution in [0.15, 0.2) is 158 Å². The highest BCUT2D eigenvalue weighted by atomic mass is 15.0. The molecule has 10 rings (SSSR count). The molecular weight excluding hydrogens is 681 g/mol. The summed E-state index contributed by atoms with van der Waals surface area (Å²) in [6.45, 7) is 8.60. The molecule has 0 amide bonds. The van der Waals surface area contributed by atoms with Crippen molar-refractivity contribution in [3.8, 4) is 50.8 Å². The Labute approximate surface area is 326 Å². The number of rotatable bonds is 5. The van der Waals surface area contributed by atoms with Crippen LogP contribution in [0.4, 0.5) is 0 Å². The zero-order valence-corrected chi connectivity index (χ0v) is 31.8. The van der Waals surface area contributed by atoms with Gasteiger partial charge in [0.2, 0.25) is 0 Å². The molecule has 4 nitrogen and oxygen atoms in total. The average Bonchev–Trinajstić information content (AvgIpc) is 3.72. The molecule has 56 heavy (non-hydrogen) atoms. The lowest BCUT2D eigenvalue weighted by atomic mass is 9.99. The first-order valence-electron chi connectivity index (χ1n) is 19.1. The Morgan fingerprint density at radius 2 is 0.804 bits per heavy atom. The number of aromatic nitrogens is 3. The molecule has 0 saturated carbocycles. The van der Waals surface area contributed by atoms with E-state index in [1.807, 2.05) is 24.5 Å². The first kappa shape index (κ1) is 33.4. The van der Waals surface area contributed by atoms with E-state index < -0.39 is 0 Å². The first-order valence-corrected chi connectivity index (χ1v) is 19.1. The second-order valence-electron chi connectivity index (χ2n) is 15.2. The fourth-order valence-electron chi connectivity index (χ4n) is 8.89. The molecule has 0 fully saturated rings. The van der Waals surface area contributed by atoms with Gasteiger partial charge in [-0.05, 0) is 110 Å². The van der Waals surface area contributed by atoms with E-state index in [1.165, 1.54) is 33.4 Å². The Hall–Kier alpha value is -7.22. The molecule has 3 heterocycles. The quantitative estimate of drug-likeness (QED) is 0.178. The largest absolute Gasteiger partial charge is 0.308 e. The summed E-state index contributed by atoms with van der Waals surface area (Å²) in [6.07, 6.45) is 3.67. The van der Waals surface area contributed by atoms with Crippen LogP contribution in [-0.2, 0) is 0 Å². The number of fused-ring (bicyclic) bond motifs is 6. The van der Waals surface area contributed by atoms with Crippen LogP contribution in [0.1, 0.15) is 27.8 Å². The van der Waals surface area contributed by atoms with Crippen molar-refractivity contribution in [2.24, 2.45) is 0 Å². The first-order chi connectivity index (χ1) is 27.3. The number of benzene rings is 7. The highest BCUT2D eigenvalue weighted by Crippen LogP contribution is 2.42. The normalized spacial score (nSPS) is 11.6. The SMILES string of the molecule is Cc1cc(C)cc(-c2ccc3c4ccccc4n(-c4cc(-c5ccncc5)cc(-n5c6ccccc6c6ccc(-c7cc(C)cc(C)c7)cc65)c4C#N)c3c2)c1. The Bertz CT molecular complexity index is 3010. The highest BCUT2D eigenvalue weighted by molar-refractivity contribution is 6.12. The fraction of sp³-hybridized carbons (Fsp3) is 0.0769. The van der Waals surface area contributed by atoms with Crippen LogP contribution >= 0.6 is 0 Å². The van der Waals surface area contributed by atoms with Gasteiger partial charge >= 0.3 is 0 Å². The van der Waals surface area contributed by atoms with Crippen molar-refractivity contribution < 1.29 is 0 Å². The molecule has 0 aliphatic carbocycles. The van der Waals surface area contributed by atoms with Crippen LogP contribution in [0.2, 0.25) is 0 Å². The lowest BCUT2D eigenvalue weighted by Gasteiger charge is -2.19. The van der Waals surface area contributed by atoms with Gasteiger partial charge in [-0.25, -0.2) is 0 Å². The summed E-state index contributed by atoms with van der Waals surface area (Å²) in [5, 5.41) is 16.0. The van der Waals surface area contributed by atoms with Crippen LogP contribution in [0, 0.1) is 39.0 Å². The predicted molar refractivity (Wildman–Crippen MR) is 233 cm³/mol. The lowest BCUT2D eigenvalue weighted by molar-refractivity contribution is 1.12. The molecule has 0 radical (unpaired) electrons. The molecule has 0 spiro atoms. The Morgan fingerprint density at radius 1 is 0.393 bits per heavy atom. The fourth-order valence-corrected chi connectivity index (χ4v) is 8.89. The molecule has 10 aromatic rings. The van der Waals surface area contributed by atoms with Crippen molar-refractivity contribution in [3.05, 3.63) is 186 Å². The van der Waals surface area contributed by atoms with E-state index >= 15 is 0 Å². The average molecular weight is 719 g/mol. The molecular formula is C52H38N4. The van der Waals surface area contributed by atoms with Crippen molar-refractivity contribution in [3.63, 3.8) is 0 Å². The predicted octanol–water partition coefficient (Wildman–Crippen LogP) is 13.4. The number of pyridine rings is 1. The van der Waals surface area contributed by atoms with Crippen LogP contribution in [-0.4, -0.2) is 14.1 Å². The summed E-state index contributed by atoms with van der Waals surface area (Å²) in [6, 6.07) is 55.2. The van der Waals surface area contributed by atoms with E-state index in [0.29, 0.717) is 5.56 Å². The lowest BCUT2D eigenvalue weighted by Crippen LogP contribution is -2.05. The molecule has 0 N–H and O–H groups in total. The van der Waals surface area contributed by atoms with Crippen LogP contribution in [0.5, 0.6) is 0 Å². The zero-order chi connectivity index (χ0) is 38.1. The topological polar surface area (TPSA) is 46.5 Å². The third-order valence-corrected chi connectivity index (χ3v) is 11.2. The summed E-state index contributed by atoms with van der Waals surface area (Å²) in [5.74, 6) is 0. The molecule has 0 aliphatic heterocycles. The van der Waals surface area contributed by atoms with E-state index in [2.05, 4.69) is 181 Å². The number of hydrogen-bond acceptors (Lipinski definition) is 2. The molecule has 0 saturated heterocycles. The molecule has 0 atom stereocenters. The molecule has 4 heteroatoms. The Kier molecular flexibility index (Phi) is 7.73. The number of aryl methyl sites for hydroxylation is 4. The molecule has 7 aromatic carbocycles. The van der Waals surface area contributed by atoms with Gasteiger partial charge in [-0.3, -0.25) is 4.98 Å². The second-order valence-corrected chi connectivity index (χ2v) is 15.2. The van der Waals surface area contributed by atoms with Crippen molar-refractivity contribution in [1.29, 1.82) is 5.26 Å². The van der Waals surface area contributed by atoms with E-state index in [9.17, 15) is 5.26 Å². The summed E-state index contributed by atoms with van der Waals surface area (Å²) < 4.78 is 4.61. The van der Waals surface area contributed by atoms with Gasteiger partial charge in [0.15, 0.2) is 0 Å². The number of nitriles is 1. The maximum Gasteiger partial charge on any atom is 0.104 e. The number of nitrogens with zero attached hydrogens (tertiary/aromatic N) is 4. The van der Waals surface area contributed by atoms with Gasteiger partial charge in [-0.1, -0.05) is 119 Å². The summed E-state index contributed by atoms with van der Waals surface area (Å²) in [4.78, 5) is 4.35. The van der Waals surface area contributed by atoms with Gasteiger partial charge in [-0.2, -0.15) is 5.26 Å². The van der Waals surface area contributed by atoms with Gasteiger partial charge in [0.05, 0.1) is 33.4 Å². The highest BCUT2D eigenvalue weighted by Gasteiger charge is 2.23. The van der Waals surface area contributed by atoms with Crippen LogP contribution in [0.3, 0.4) is 0 Å². The molecule has 0 aliphatic rings. The Balaban J connectivity index is 1.33. The van der Waals surface area contributed by atoms with Crippen molar-refractivity contribution in [2.45, 2.75) is 27.7 Å². The molecule has 0 bridgehead atoms. The minimum Gasteiger partial charge on any atom is -0.308 e. The van der Waals surface area contributed by atoms with Gasteiger partial charge in [0.1, 0.15) is 11.6 Å². The maximum atomic E-state index is 11.4. The standard InChI is InChI=1S/C52H38N4/c1-32-21-33(2)24-39(23-32)37-13-15-44-42-9-5-7-11-47(42)55(49(44)27-37)51-29-41(36-17-19-54-20-18-36)30-52(46(51)31-53)56-48-12-8-6-10-43(48)45-16-14-38(28-50(45)56)40-25-34(3)22-35(4)26-40/h5-30H,1-4H3. The maximum absolute atomic E-state index is 11.4. The van der Waals surface area contributed by atoms with E-state index in [0.717, 1.165) is 77.2 Å².